The Balaban J connectivity index is 1.47. The number of hydrogen-bond donors (Lipinski definition) is 0. The molecule has 0 aromatic heterocycles. The van der Waals surface area contributed by atoms with E-state index in [0.29, 0.717) is 0 Å². The number of alkyl halides is 3. The third kappa shape index (κ3) is 4.64. The Hall–Kier alpha value is -2.28. The molecule has 0 N–H and O–H groups in total. The fourth-order valence-electron chi connectivity index (χ4n) is 4.56. The topological polar surface area (TPSA) is 74.3 Å². The van der Waals surface area contributed by atoms with Crippen molar-refractivity contribution in [3.8, 4) is 0 Å². The highest BCUT2D eigenvalue weighted by molar-refractivity contribution is 7.92. The van der Waals surface area contributed by atoms with E-state index in [9.17, 15) is 21.6 Å². The normalized spacial score (nSPS) is 32.4. The van der Waals surface area contributed by atoms with Crippen LogP contribution in [0.3, 0.4) is 0 Å². The van der Waals surface area contributed by atoms with Crippen molar-refractivity contribution in [3.05, 3.63) is 83.3 Å². The first-order chi connectivity index (χ1) is 16.2. The molecule has 3 aliphatic rings. The molecule has 3 fully saturated rings. The van der Waals surface area contributed by atoms with E-state index in [1.54, 1.807) is 0 Å². The van der Waals surface area contributed by atoms with E-state index in [0.717, 1.165) is 15.4 Å². The highest BCUT2D eigenvalue weighted by Crippen LogP contribution is 2.44. The first kappa shape index (κ1) is 23.5. The molecular weight excluding hydrogens is 475 g/mol. The molecule has 3 saturated heterocycles. The lowest BCUT2D eigenvalue weighted by atomic mass is 10.0. The lowest BCUT2D eigenvalue weighted by Crippen LogP contribution is -2.49. The molecule has 6 atom stereocenters. The van der Waals surface area contributed by atoms with Gasteiger partial charge in [0.05, 0.1) is 30.7 Å². The van der Waals surface area contributed by atoms with Crippen molar-refractivity contribution in [1.82, 2.24) is 4.31 Å². The maximum atomic E-state index is 13.0. The van der Waals surface area contributed by atoms with E-state index >= 15 is 0 Å². The van der Waals surface area contributed by atoms with Crippen LogP contribution in [0.5, 0.6) is 0 Å². The maximum absolute atomic E-state index is 13.0. The summed E-state index contributed by atoms with van der Waals surface area (Å²) in [6.45, 7) is -0.147. The van der Waals surface area contributed by atoms with Crippen molar-refractivity contribution in [1.29, 1.82) is 0 Å². The number of allylic oxidation sites excluding steroid dienone is 1. The summed E-state index contributed by atoms with van der Waals surface area (Å²) in [6, 6.07) is 16.5. The minimum Gasteiger partial charge on any atom is -0.347 e. The second-order valence-corrected chi connectivity index (χ2v) is 9.93. The van der Waals surface area contributed by atoms with Crippen LogP contribution >= 0.6 is 0 Å². The van der Waals surface area contributed by atoms with Gasteiger partial charge in [-0.3, -0.25) is 0 Å². The summed E-state index contributed by atoms with van der Waals surface area (Å²) < 4.78 is 89.2. The number of fused-ring (bicyclic) bond motifs is 3. The molecule has 2 unspecified atom stereocenters. The van der Waals surface area contributed by atoms with E-state index in [4.69, 9.17) is 18.9 Å². The Kier molecular flexibility index (Phi) is 6.25. The van der Waals surface area contributed by atoms with Gasteiger partial charge >= 0.3 is 6.18 Å². The zero-order chi connectivity index (χ0) is 23.9. The minimum absolute atomic E-state index is 0.0737. The Bertz CT molecular complexity index is 1060. The van der Waals surface area contributed by atoms with E-state index in [-0.39, 0.29) is 24.7 Å². The van der Waals surface area contributed by atoms with Gasteiger partial charge in [-0.05, 0) is 0 Å². The zero-order valence-electron chi connectivity index (χ0n) is 17.7. The smallest absolute Gasteiger partial charge is 0.347 e. The SMILES string of the molecule is O=S(=O)(/C=C/C(F)(F)F)N1[C@H]2COC(c3ccccc3)O[C@H]2[C@@H]2OC(c3ccccc3)OC[C@@H]21. The summed E-state index contributed by atoms with van der Waals surface area (Å²) in [5.41, 5.74) is 1.48. The van der Waals surface area contributed by atoms with Crippen molar-refractivity contribution in [2.45, 2.75) is 43.0 Å². The molecule has 7 nitrogen and oxygen atoms in total. The van der Waals surface area contributed by atoms with Gasteiger partial charge in [0.25, 0.3) is 0 Å². The number of nitrogens with zero attached hydrogens (tertiary/aromatic N) is 1. The molecule has 3 heterocycles. The van der Waals surface area contributed by atoms with Gasteiger partial charge in [0.2, 0.25) is 10.0 Å². The van der Waals surface area contributed by atoms with E-state index in [2.05, 4.69) is 0 Å². The fourth-order valence-corrected chi connectivity index (χ4v) is 6.15. The van der Waals surface area contributed by atoms with Gasteiger partial charge in [0.15, 0.2) is 12.6 Å². The Morgan fingerprint density at radius 2 is 1.24 bits per heavy atom. The van der Waals surface area contributed by atoms with Crippen molar-refractivity contribution >= 4 is 10.0 Å². The third-order valence-electron chi connectivity index (χ3n) is 6.00. The molecule has 2 aromatic rings. The predicted octanol–water partition coefficient (Wildman–Crippen LogP) is 3.67. The molecule has 0 spiro atoms. The Morgan fingerprint density at radius 1 is 0.794 bits per heavy atom. The van der Waals surface area contributed by atoms with E-state index in [1.165, 1.54) is 0 Å². The maximum Gasteiger partial charge on any atom is 0.410 e. The van der Waals surface area contributed by atoms with Gasteiger partial charge in [0, 0.05) is 17.2 Å². The largest absolute Gasteiger partial charge is 0.410 e. The molecule has 0 aliphatic carbocycles. The van der Waals surface area contributed by atoms with E-state index in [1.807, 2.05) is 60.7 Å². The molecular formula is C23H22F3NO6S. The number of halogens is 3. The van der Waals surface area contributed by atoms with Gasteiger partial charge in [-0.25, -0.2) is 8.42 Å². The summed E-state index contributed by atoms with van der Waals surface area (Å²) in [4.78, 5) is 0. The molecule has 2 aromatic carbocycles. The van der Waals surface area contributed by atoms with Crippen LogP contribution < -0.4 is 0 Å². The van der Waals surface area contributed by atoms with Crippen molar-refractivity contribution in [2.75, 3.05) is 13.2 Å². The van der Waals surface area contributed by atoms with Crippen molar-refractivity contribution in [2.24, 2.45) is 0 Å². The van der Waals surface area contributed by atoms with Crippen LogP contribution in [0.1, 0.15) is 23.7 Å². The predicted molar refractivity (Wildman–Crippen MR) is 114 cm³/mol. The molecule has 0 saturated carbocycles. The standard InChI is InChI=1S/C23H22F3NO6S/c24-23(25,26)11-12-34(28,29)27-17-13-30-21(15-7-3-1-4-8-15)32-19(17)20-18(27)14-31-22(33-20)16-9-5-2-6-10-16/h1-12,17-22H,13-14H2/b12-11+/t17-,18-,19+,20+,21?,22?/m0/s1. The fraction of sp³-hybridized carbons (Fsp3) is 0.391. The molecule has 182 valence electrons. The third-order valence-corrected chi connectivity index (χ3v) is 7.61. The number of hydrogen-bond acceptors (Lipinski definition) is 6. The van der Waals surface area contributed by atoms with Gasteiger partial charge in [-0.2, -0.15) is 17.5 Å². The first-order valence-electron chi connectivity index (χ1n) is 10.7. The van der Waals surface area contributed by atoms with Gasteiger partial charge in [0.1, 0.15) is 12.2 Å². The highest BCUT2D eigenvalue weighted by Gasteiger charge is 2.59. The minimum atomic E-state index is -4.78. The van der Waals surface area contributed by atoms with Crippen LogP contribution in [0, 0.1) is 0 Å². The van der Waals surface area contributed by atoms with Crippen LogP contribution in [0.4, 0.5) is 13.2 Å². The van der Waals surface area contributed by atoms with Gasteiger partial charge in [-0.1, -0.05) is 60.7 Å². The average Bonchev–Trinajstić information content (AvgIpc) is 3.17. The monoisotopic (exact) mass is 497 g/mol. The first-order valence-corrected chi connectivity index (χ1v) is 12.2. The lowest BCUT2D eigenvalue weighted by Gasteiger charge is -2.37. The van der Waals surface area contributed by atoms with Gasteiger partial charge < -0.3 is 18.9 Å². The quantitative estimate of drug-likeness (QED) is 0.642. The summed E-state index contributed by atoms with van der Waals surface area (Å²) in [7, 11) is -4.49. The molecule has 5 rings (SSSR count). The zero-order valence-corrected chi connectivity index (χ0v) is 18.6. The van der Waals surface area contributed by atoms with Crippen LogP contribution in [0.15, 0.2) is 72.1 Å². The summed E-state index contributed by atoms with van der Waals surface area (Å²) in [5, 5.41) is 0.166. The molecule has 0 radical (unpaired) electrons. The Morgan fingerprint density at radius 3 is 1.65 bits per heavy atom. The highest BCUT2D eigenvalue weighted by atomic mass is 32.2. The molecule has 11 heteroatoms. The molecule has 0 bridgehead atoms. The number of sulfonamides is 1. The second-order valence-electron chi connectivity index (χ2n) is 8.21. The van der Waals surface area contributed by atoms with Crippen LogP contribution in [-0.4, -0.2) is 56.4 Å². The van der Waals surface area contributed by atoms with Gasteiger partial charge in [-0.15, -0.1) is 0 Å². The van der Waals surface area contributed by atoms with Crippen molar-refractivity contribution < 1.29 is 40.5 Å². The number of ether oxygens (including phenoxy) is 4. The molecule has 34 heavy (non-hydrogen) atoms. The second kappa shape index (κ2) is 9.06. The van der Waals surface area contributed by atoms with Crippen LogP contribution in [0.25, 0.3) is 0 Å². The summed E-state index contributed by atoms with van der Waals surface area (Å²) in [6.07, 6.45) is -8.14. The van der Waals surface area contributed by atoms with E-state index < -0.39 is 53.1 Å². The Labute approximate surface area is 194 Å². The number of benzene rings is 2. The lowest BCUT2D eigenvalue weighted by molar-refractivity contribution is -0.278. The summed E-state index contributed by atoms with van der Waals surface area (Å²) >= 11 is 0. The van der Waals surface area contributed by atoms with Crippen molar-refractivity contribution in [3.63, 3.8) is 0 Å². The van der Waals surface area contributed by atoms with Crippen LogP contribution in [-0.2, 0) is 29.0 Å². The summed E-state index contributed by atoms with van der Waals surface area (Å²) in [5.74, 6) is 0. The molecule has 3 aliphatic heterocycles. The average molecular weight is 497 g/mol. The van der Waals surface area contributed by atoms with Crippen LogP contribution in [0.2, 0.25) is 0 Å². The number of rotatable bonds is 4. The molecule has 0 amide bonds.